The van der Waals surface area contributed by atoms with Crippen molar-refractivity contribution in [1.82, 2.24) is 10.6 Å². The van der Waals surface area contributed by atoms with E-state index < -0.39 is 24.0 Å². The summed E-state index contributed by atoms with van der Waals surface area (Å²) in [5.41, 5.74) is 1.36. The van der Waals surface area contributed by atoms with Crippen molar-refractivity contribution in [3.8, 4) is 0 Å². The second-order valence-electron chi connectivity index (χ2n) is 6.81. The normalized spacial score (nSPS) is 15.8. The van der Waals surface area contributed by atoms with Crippen LogP contribution >= 0.6 is 11.8 Å². The number of hydrogen-bond donors (Lipinski definition) is 2. The number of thioether (sulfide) groups is 1. The molecule has 1 aromatic heterocycles. The highest BCUT2D eigenvalue weighted by molar-refractivity contribution is 8.00. The van der Waals surface area contributed by atoms with Crippen molar-refractivity contribution in [2.75, 3.05) is 19.0 Å². The minimum absolute atomic E-state index is 0.0971. The number of hydrogen-bond acceptors (Lipinski definition) is 7. The van der Waals surface area contributed by atoms with Gasteiger partial charge in [-0.3, -0.25) is 4.79 Å². The summed E-state index contributed by atoms with van der Waals surface area (Å²) in [6, 6.07) is 9.74. The molecule has 0 bridgehead atoms. The fourth-order valence-electron chi connectivity index (χ4n) is 3.05. The van der Waals surface area contributed by atoms with Crippen LogP contribution in [0.25, 0.3) is 0 Å². The van der Waals surface area contributed by atoms with Gasteiger partial charge in [0, 0.05) is 4.90 Å². The van der Waals surface area contributed by atoms with Gasteiger partial charge in [-0.05, 0) is 44.5 Å². The summed E-state index contributed by atoms with van der Waals surface area (Å²) in [6.45, 7) is 5.28. The summed E-state index contributed by atoms with van der Waals surface area (Å²) in [4.78, 5) is 38.1. The lowest BCUT2D eigenvalue weighted by atomic mass is 10.0. The Morgan fingerprint density at radius 2 is 1.90 bits per heavy atom. The zero-order valence-electron chi connectivity index (χ0n) is 17.5. The van der Waals surface area contributed by atoms with Gasteiger partial charge in [-0.2, -0.15) is 0 Å². The Balaban J connectivity index is 1.76. The van der Waals surface area contributed by atoms with Gasteiger partial charge in [-0.15, -0.1) is 11.8 Å². The number of carbonyl (C=O) groups is 3. The molecular weight excluding hydrogens is 420 g/mol. The molecule has 2 amide bonds. The van der Waals surface area contributed by atoms with Crippen molar-refractivity contribution in [2.24, 2.45) is 0 Å². The van der Waals surface area contributed by atoms with E-state index in [0.717, 1.165) is 10.5 Å². The number of rotatable bonds is 8. The number of benzene rings is 1. The Labute approximate surface area is 184 Å². The third-order valence-electron chi connectivity index (χ3n) is 4.51. The summed E-state index contributed by atoms with van der Waals surface area (Å²) in [7, 11) is 0. The van der Waals surface area contributed by atoms with E-state index >= 15 is 0 Å². The van der Waals surface area contributed by atoms with Crippen LogP contribution in [0, 0.1) is 13.8 Å². The summed E-state index contributed by atoms with van der Waals surface area (Å²) in [5, 5.41) is 5.21. The topological polar surface area (TPSA) is 107 Å². The summed E-state index contributed by atoms with van der Waals surface area (Å²) in [6.07, 6.45) is 0. The van der Waals surface area contributed by atoms with Gasteiger partial charge >= 0.3 is 18.0 Å². The van der Waals surface area contributed by atoms with Gasteiger partial charge in [0.05, 0.1) is 23.6 Å². The van der Waals surface area contributed by atoms with Gasteiger partial charge in [0.1, 0.15) is 24.2 Å². The van der Waals surface area contributed by atoms with Crippen LogP contribution in [0.1, 0.15) is 30.0 Å². The van der Waals surface area contributed by atoms with Crippen molar-refractivity contribution < 1.29 is 28.3 Å². The summed E-state index contributed by atoms with van der Waals surface area (Å²) >= 11 is 1.36. The summed E-state index contributed by atoms with van der Waals surface area (Å²) < 4.78 is 16.1. The molecule has 1 aliphatic heterocycles. The maximum atomic E-state index is 12.6. The van der Waals surface area contributed by atoms with Crippen LogP contribution in [-0.2, 0) is 19.1 Å². The number of amides is 2. The molecule has 0 fully saturated rings. The molecule has 9 heteroatoms. The molecule has 1 unspecified atom stereocenters. The quantitative estimate of drug-likeness (QED) is 0.475. The van der Waals surface area contributed by atoms with E-state index in [1.54, 1.807) is 26.0 Å². The monoisotopic (exact) mass is 444 g/mol. The molecule has 0 aliphatic carbocycles. The smallest absolute Gasteiger partial charge is 0.338 e. The second kappa shape index (κ2) is 10.2. The lowest BCUT2D eigenvalue weighted by molar-refractivity contribution is -0.141. The van der Waals surface area contributed by atoms with Gasteiger partial charge < -0.3 is 24.5 Å². The lowest BCUT2D eigenvalue weighted by Crippen LogP contribution is -2.47. The highest BCUT2D eigenvalue weighted by atomic mass is 32.2. The van der Waals surface area contributed by atoms with Crippen LogP contribution in [0.5, 0.6) is 0 Å². The predicted octanol–water partition coefficient (Wildman–Crippen LogP) is 3.40. The van der Waals surface area contributed by atoms with Crippen molar-refractivity contribution in [3.63, 3.8) is 0 Å². The molecular formula is C22H24N2O6S. The van der Waals surface area contributed by atoms with Gasteiger partial charge in [0.25, 0.3) is 0 Å². The first-order valence-corrected chi connectivity index (χ1v) is 10.8. The molecule has 2 aromatic rings. The molecule has 0 saturated heterocycles. The van der Waals surface area contributed by atoms with Gasteiger partial charge in [-0.1, -0.05) is 18.2 Å². The van der Waals surface area contributed by atoms with Crippen molar-refractivity contribution in [3.05, 3.63) is 64.8 Å². The molecule has 8 nitrogen and oxygen atoms in total. The van der Waals surface area contributed by atoms with Crippen molar-refractivity contribution in [1.29, 1.82) is 0 Å². The average Bonchev–Trinajstić information content (AvgIpc) is 3.17. The van der Waals surface area contributed by atoms with E-state index in [1.807, 2.05) is 31.2 Å². The Hall–Kier alpha value is -3.20. The molecule has 0 spiro atoms. The van der Waals surface area contributed by atoms with E-state index in [9.17, 15) is 14.4 Å². The first-order chi connectivity index (χ1) is 14.9. The van der Waals surface area contributed by atoms with Crippen LogP contribution in [0.15, 0.2) is 57.0 Å². The predicted molar refractivity (Wildman–Crippen MR) is 114 cm³/mol. The fourth-order valence-corrected chi connectivity index (χ4v) is 3.88. The fraction of sp³-hybridized carbons (Fsp3) is 0.318. The Bertz CT molecular complexity index is 1010. The third-order valence-corrected chi connectivity index (χ3v) is 5.66. The van der Waals surface area contributed by atoms with E-state index in [1.165, 1.54) is 11.8 Å². The molecule has 3 rings (SSSR count). The van der Waals surface area contributed by atoms with E-state index in [2.05, 4.69) is 10.6 Å². The third kappa shape index (κ3) is 5.69. The lowest BCUT2D eigenvalue weighted by Gasteiger charge is -2.27. The maximum absolute atomic E-state index is 12.6. The highest BCUT2D eigenvalue weighted by Gasteiger charge is 2.36. The molecule has 1 aromatic carbocycles. The minimum Gasteiger partial charge on any atom is -0.464 e. The number of furan rings is 1. The molecule has 2 heterocycles. The van der Waals surface area contributed by atoms with Gasteiger partial charge in [0.2, 0.25) is 0 Å². The van der Waals surface area contributed by atoms with E-state index in [0.29, 0.717) is 11.5 Å². The number of urea groups is 1. The first kappa shape index (κ1) is 22.5. The van der Waals surface area contributed by atoms with Crippen molar-refractivity contribution in [2.45, 2.75) is 31.7 Å². The van der Waals surface area contributed by atoms with Gasteiger partial charge in [0.15, 0.2) is 0 Å². The maximum Gasteiger partial charge on any atom is 0.338 e. The van der Waals surface area contributed by atoms with Crippen LogP contribution < -0.4 is 10.6 Å². The SMILES string of the molecule is CCOC(=O)C1=C(COC(=O)CSc2ccccc2C)NC(=O)NC1c1ccc(C)o1. The number of carbonyl (C=O) groups excluding carboxylic acids is 3. The largest absolute Gasteiger partial charge is 0.464 e. The van der Waals surface area contributed by atoms with Crippen molar-refractivity contribution >= 4 is 29.7 Å². The molecule has 164 valence electrons. The van der Waals surface area contributed by atoms with Crippen LogP contribution in [0.2, 0.25) is 0 Å². The zero-order valence-corrected chi connectivity index (χ0v) is 18.3. The Kier molecular flexibility index (Phi) is 7.41. The molecule has 1 aliphatic rings. The number of ether oxygens (including phenoxy) is 2. The number of nitrogens with one attached hydrogen (secondary N) is 2. The number of esters is 2. The Morgan fingerprint density at radius 1 is 1.13 bits per heavy atom. The molecule has 0 radical (unpaired) electrons. The van der Waals surface area contributed by atoms with Crippen LogP contribution in [0.3, 0.4) is 0 Å². The number of aryl methyl sites for hydroxylation is 2. The molecule has 2 N–H and O–H groups in total. The van der Waals surface area contributed by atoms with E-state index in [-0.39, 0.29) is 30.2 Å². The minimum atomic E-state index is -0.850. The average molecular weight is 445 g/mol. The first-order valence-electron chi connectivity index (χ1n) is 9.77. The second-order valence-corrected chi connectivity index (χ2v) is 7.82. The standard InChI is InChI=1S/C22H24N2O6S/c1-4-28-21(26)19-15(23-22(27)24-20(19)16-10-9-14(3)30-16)11-29-18(25)12-31-17-8-6-5-7-13(17)2/h5-10,20H,4,11-12H2,1-3H3,(H2,23,24,27). The van der Waals surface area contributed by atoms with Crippen LogP contribution in [-0.4, -0.2) is 36.9 Å². The van der Waals surface area contributed by atoms with E-state index in [4.69, 9.17) is 13.9 Å². The van der Waals surface area contributed by atoms with Gasteiger partial charge in [-0.25, -0.2) is 9.59 Å². The molecule has 1 atom stereocenters. The zero-order chi connectivity index (χ0) is 22.4. The molecule has 0 saturated carbocycles. The summed E-state index contributed by atoms with van der Waals surface area (Å²) in [5.74, 6) is 0.0120. The Morgan fingerprint density at radius 3 is 2.58 bits per heavy atom. The molecule has 31 heavy (non-hydrogen) atoms. The van der Waals surface area contributed by atoms with Crippen LogP contribution in [0.4, 0.5) is 4.79 Å². The highest BCUT2D eigenvalue weighted by Crippen LogP contribution is 2.29.